The number of Topliss-reactive ketones (excluding diaryl/α,β-unsaturated/α-hetero) is 1. The van der Waals surface area contributed by atoms with Gasteiger partial charge in [0.05, 0.1) is 6.20 Å². The predicted molar refractivity (Wildman–Crippen MR) is 91.3 cm³/mol. The minimum Gasteiger partial charge on any atom is -0.453 e. The molecule has 0 atom stereocenters. The van der Waals surface area contributed by atoms with Gasteiger partial charge in [0.2, 0.25) is 0 Å². The monoisotopic (exact) mass is 330 g/mol. The molecule has 1 aliphatic carbocycles. The lowest BCUT2D eigenvalue weighted by Gasteiger charge is -2.06. The van der Waals surface area contributed by atoms with E-state index in [9.17, 15) is 9.59 Å². The summed E-state index contributed by atoms with van der Waals surface area (Å²) in [5.74, 6) is -0.897. The fourth-order valence-electron chi connectivity index (χ4n) is 3.01. The SMILES string of the molecule is O=C(COC(=O)c1cnccn1)c1ccc2c(c1)Cc1ccccc1-2. The number of nitrogens with zero attached hydrogens (tertiary/aromatic N) is 2. The zero-order valence-electron chi connectivity index (χ0n) is 13.3. The Bertz CT molecular complexity index is 968. The molecule has 0 radical (unpaired) electrons. The van der Waals surface area contributed by atoms with Crippen molar-refractivity contribution in [2.75, 3.05) is 6.61 Å². The van der Waals surface area contributed by atoms with Gasteiger partial charge in [-0.15, -0.1) is 0 Å². The van der Waals surface area contributed by atoms with Gasteiger partial charge in [-0.3, -0.25) is 9.78 Å². The second-order valence-corrected chi connectivity index (χ2v) is 5.80. The number of ether oxygens (including phenoxy) is 1. The van der Waals surface area contributed by atoms with E-state index < -0.39 is 5.97 Å². The molecule has 1 heterocycles. The van der Waals surface area contributed by atoms with E-state index in [1.165, 1.54) is 29.7 Å². The summed E-state index contributed by atoms with van der Waals surface area (Å²) in [6.07, 6.45) is 4.98. The lowest BCUT2D eigenvalue weighted by Crippen LogP contribution is -2.15. The minimum atomic E-state index is -0.657. The second-order valence-electron chi connectivity index (χ2n) is 5.80. The summed E-state index contributed by atoms with van der Waals surface area (Å²) < 4.78 is 5.03. The zero-order valence-corrected chi connectivity index (χ0v) is 13.3. The first kappa shape index (κ1) is 15.2. The van der Waals surface area contributed by atoms with Crippen LogP contribution in [0.25, 0.3) is 11.1 Å². The molecule has 0 unspecified atom stereocenters. The van der Waals surface area contributed by atoms with Gasteiger partial charge in [-0.05, 0) is 34.7 Å². The molecule has 4 rings (SSSR count). The molecule has 0 N–H and O–H groups in total. The maximum atomic E-state index is 12.3. The standard InChI is InChI=1S/C20H14N2O3/c23-19(12-25-20(24)18-11-21-7-8-22-18)14-5-6-17-15(10-14)9-13-3-1-2-4-16(13)17/h1-8,10-11H,9,12H2. The van der Waals surface area contributed by atoms with Crippen LogP contribution in [0.3, 0.4) is 0 Å². The molecule has 0 fully saturated rings. The Labute approximate surface area is 144 Å². The molecule has 0 saturated heterocycles. The third-order valence-electron chi connectivity index (χ3n) is 4.22. The Hall–Kier alpha value is -3.34. The summed E-state index contributed by atoms with van der Waals surface area (Å²) in [6, 6.07) is 13.8. The van der Waals surface area contributed by atoms with E-state index in [0.29, 0.717) is 5.56 Å². The highest BCUT2D eigenvalue weighted by molar-refractivity contribution is 6.00. The average Bonchev–Trinajstić information content (AvgIpc) is 3.04. The van der Waals surface area contributed by atoms with Crippen LogP contribution >= 0.6 is 0 Å². The number of carbonyl (C=O) groups excluding carboxylic acids is 2. The Morgan fingerprint density at radius 3 is 2.68 bits per heavy atom. The van der Waals surface area contributed by atoms with Crippen molar-refractivity contribution >= 4 is 11.8 Å². The van der Waals surface area contributed by atoms with Gasteiger partial charge in [0, 0.05) is 18.0 Å². The van der Waals surface area contributed by atoms with Crippen molar-refractivity contribution in [2.45, 2.75) is 6.42 Å². The fraction of sp³-hybridized carbons (Fsp3) is 0.100. The average molecular weight is 330 g/mol. The Morgan fingerprint density at radius 1 is 1.00 bits per heavy atom. The highest BCUT2D eigenvalue weighted by Gasteiger charge is 2.20. The van der Waals surface area contributed by atoms with Gasteiger partial charge in [0.15, 0.2) is 18.1 Å². The van der Waals surface area contributed by atoms with Crippen molar-refractivity contribution in [1.82, 2.24) is 9.97 Å². The van der Waals surface area contributed by atoms with Gasteiger partial charge in [0.1, 0.15) is 0 Å². The Kier molecular flexibility index (Phi) is 3.82. The lowest BCUT2D eigenvalue weighted by atomic mass is 10.0. The van der Waals surface area contributed by atoms with E-state index >= 15 is 0 Å². The number of aromatic nitrogens is 2. The third-order valence-corrected chi connectivity index (χ3v) is 4.22. The highest BCUT2D eigenvalue weighted by atomic mass is 16.5. The van der Waals surface area contributed by atoms with Crippen molar-refractivity contribution in [3.05, 3.63) is 83.4 Å². The summed E-state index contributed by atoms with van der Waals surface area (Å²) in [5.41, 5.74) is 5.37. The normalized spacial score (nSPS) is 11.5. The van der Waals surface area contributed by atoms with Gasteiger partial charge in [-0.1, -0.05) is 36.4 Å². The molecule has 5 heteroatoms. The number of ketones is 1. The molecule has 1 aromatic heterocycles. The third kappa shape index (κ3) is 2.92. The van der Waals surface area contributed by atoms with Crippen LogP contribution in [0.2, 0.25) is 0 Å². The largest absolute Gasteiger partial charge is 0.453 e. The van der Waals surface area contributed by atoms with Crippen molar-refractivity contribution in [2.24, 2.45) is 0 Å². The number of fused-ring (bicyclic) bond motifs is 3. The smallest absolute Gasteiger partial charge is 0.358 e. The molecule has 0 spiro atoms. The maximum absolute atomic E-state index is 12.3. The quantitative estimate of drug-likeness (QED) is 0.425. The number of benzene rings is 2. The van der Waals surface area contributed by atoms with Crippen LogP contribution < -0.4 is 0 Å². The van der Waals surface area contributed by atoms with Crippen LogP contribution in [0.1, 0.15) is 32.0 Å². The van der Waals surface area contributed by atoms with Gasteiger partial charge >= 0.3 is 5.97 Å². The van der Waals surface area contributed by atoms with Crippen molar-refractivity contribution in [1.29, 1.82) is 0 Å². The molecule has 0 amide bonds. The molecule has 3 aromatic rings. The molecule has 0 aliphatic heterocycles. The van der Waals surface area contributed by atoms with Crippen molar-refractivity contribution < 1.29 is 14.3 Å². The Balaban J connectivity index is 1.47. The molecular weight excluding hydrogens is 316 g/mol. The van der Waals surface area contributed by atoms with Gasteiger partial charge in [-0.2, -0.15) is 0 Å². The van der Waals surface area contributed by atoms with Gasteiger partial charge in [-0.25, -0.2) is 9.78 Å². The van der Waals surface area contributed by atoms with E-state index in [4.69, 9.17) is 4.74 Å². The van der Waals surface area contributed by atoms with Gasteiger partial charge in [0.25, 0.3) is 0 Å². The fourth-order valence-corrected chi connectivity index (χ4v) is 3.01. The summed E-state index contributed by atoms with van der Waals surface area (Å²) in [6.45, 7) is -0.318. The molecule has 0 bridgehead atoms. The summed E-state index contributed by atoms with van der Waals surface area (Å²) >= 11 is 0. The highest BCUT2D eigenvalue weighted by Crippen LogP contribution is 2.36. The molecular formula is C20H14N2O3. The summed E-state index contributed by atoms with van der Waals surface area (Å²) in [7, 11) is 0. The van der Waals surface area contributed by atoms with Crippen molar-refractivity contribution in [3.8, 4) is 11.1 Å². The first-order chi connectivity index (χ1) is 12.2. The van der Waals surface area contributed by atoms with Crippen LogP contribution in [-0.2, 0) is 11.2 Å². The summed E-state index contributed by atoms with van der Waals surface area (Å²) in [4.78, 5) is 31.8. The second kappa shape index (κ2) is 6.28. The van der Waals surface area contributed by atoms with E-state index in [1.807, 2.05) is 24.3 Å². The number of rotatable bonds is 4. The topological polar surface area (TPSA) is 69.2 Å². The van der Waals surface area contributed by atoms with E-state index in [-0.39, 0.29) is 18.1 Å². The predicted octanol–water partition coefficient (Wildman–Crippen LogP) is 3.09. The van der Waals surface area contributed by atoms with E-state index in [1.54, 1.807) is 6.07 Å². The zero-order chi connectivity index (χ0) is 17.2. The van der Waals surface area contributed by atoms with Crippen LogP contribution in [0.5, 0.6) is 0 Å². The van der Waals surface area contributed by atoms with Crippen LogP contribution in [0, 0.1) is 0 Å². The van der Waals surface area contributed by atoms with Crippen molar-refractivity contribution in [3.63, 3.8) is 0 Å². The number of hydrogen-bond donors (Lipinski definition) is 0. The molecule has 0 saturated carbocycles. The van der Waals surface area contributed by atoms with Crippen LogP contribution in [-0.4, -0.2) is 28.3 Å². The molecule has 1 aliphatic rings. The minimum absolute atomic E-state index is 0.0831. The van der Waals surface area contributed by atoms with E-state index in [0.717, 1.165) is 17.5 Å². The molecule has 25 heavy (non-hydrogen) atoms. The first-order valence-electron chi connectivity index (χ1n) is 7.90. The molecule has 122 valence electrons. The molecule has 2 aromatic carbocycles. The number of carbonyl (C=O) groups is 2. The molecule has 5 nitrogen and oxygen atoms in total. The van der Waals surface area contributed by atoms with Gasteiger partial charge < -0.3 is 4.74 Å². The van der Waals surface area contributed by atoms with Crippen LogP contribution in [0.4, 0.5) is 0 Å². The first-order valence-corrected chi connectivity index (χ1v) is 7.90. The maximum Gasteiger partial charge on any atom is 0.358 e. The van der Waals surface area contributed by atoms with E-state index in [2.05, 4.69) is 22.1 Å². The van der Waals surface area contributed by atoms with Crippen LogP contribution in [0.15, 0.2) is 61.1 Å². The number of esters is 1. The Morgan fingerprint density at radius 2 is 1.84 bits per heavy atom. The lowest BCUT2D eigenvalue weighted by molar-refractivity contribution is 0.0468. The summed E-state index contributed by atoms with van der Waals surface area (Å²) in [5, 5.41) is 0. The number of hydrogen-bond acceptors (Lipinski definition) is 5.